The molecule has 2 aliphatic carbocycles. The summed E-state index contributed by atoms with van der Waals surface area (Å²) in [6.07, 6.45) is 2.38. The van der Waals surface area contributed by atoms with Gasteiger partial charge in [-0.25, -0.2) is 0 Å². The van der Waals surface area contributed by atoms with E-state index in [0.29, 0.717) is 0 Å². The maximum Gasteiger partial charge on any atom is 0.197 e. The Balaban J connectivity index is 1.13. The highest BCUT2D eigenvalue weighted by Crippen LogP contribution is 2.53. The lowest BCUT2D eigenvalue weighted by Gasteiger charge is -2.41. The number of hydrogen-bond donors (Lipinski definition) is 1. The van der Waals surface area contributed by atoms with Gasteiger partial charge in [0.25, 0.3) is 0 Å². The number of nitrogens with zero attached hydrogens (tertiary/aromatic N) is 1. The zero-order valence-electron chi connectivity index (χ0n) is 45.8. The van der Waals surface area contributed by atoms with Gasteiger partial charge in [-0.2, -0.15) is 0 Å². The molecule has 0 saturated heterocycles. The summed E-state index contributed by atoms with van der Waals surface area (Å²) in [7, 11) is 2.54. The lowest BCUT2D eigenvalue weighted by Crippen LogP contribution is -2.38. The molecule has 1 N–H and O–H groups in total. The van der Waals surface area contributed by atoms with E-state index in [1.807, 2.05) is 11.3 Å². The van der Waals surface area contributed by atoms with Crippen molar-refractivity contribution in [1.29, 1.82) is 0 Å². The van der Waals surface area contributed by atoms with E-state index in [2.05, 4.69) is 252 Å². The molecule has 1 aliphatic heterocycles. The second-order valence-electron chi connectivity index (χ2n) is 26.3. The Bertz CT molecular complexity index is 4270. The molecule has 0 unspecified atom stereocenters. The van der Waals surface area contributed by atoms with E-state index in [9.17, 15) is 0 Å². The Kier molecular flexibility index (Phi) is 9.71. The van der Waals surface area contributed by atoms with Crippen LogP contribution in [0.3, 0.4) is 0 Å². The van der Waals surface area contributed by atoms with E-state index in [4.69, 9.17) is 0 Å². The first-order valence-corrected chi connectivity index (χ1v) is 28.2. The fraction of sp³-hybridized carbons (Fsp3) is 0.268. The van der Waals surface area contributed by atoms with Crippen molar-refractivity contribution in [2.75, 3.05) is 5.32 Å². The summed E-state index contributed by atoms with van der Waals surface area (Å²) in [5, 5.41) is 11.9. The van der Waals surface area contributed by atoms with E-state index in [1.165, 1.54) is 149 Å². The topological polar surface area (TPSA) is 17.0 Å². The third-order valence-electron chi connectivity index (χ3n) is 18.2. The van der Waals surface area contributed by atoms with Gasteiger partial charge in [0.15, 0.2) is 7.28 Å². The van der Waals surface area contributed by atoms with E-state index in [-0.39, 0.29) is 27.1 Å². The number of fused-ring (bicyclic) bond motifs is 14. The molecule has 4 heteroatoms. The summed E-state index contributed by atoms with van der Waals surface area (Å²) in [5.41, 5.74) is 24.7. The zero-order chi connectivity index (χ0) is 51.9. The van der Waals surface area contributed by atoms with Gasteiger partial charge in [-0.05, 0) is 161 Å². The molecule has 0 amide bonds. The number of nitrogens with one attached hydrogen (secondary N) is 1. The minimum absolute atomic E-state index is 0.0228. The molecule has 2 aromatic heterocycles. The quantitative estimate of drug-likeness (QED) is 0.174. The summed E-state index contributed by atoms with van der Waals surface area (Å²) in [4.78, 5) is 0. The van der Waals surface area contributed by atoms with Crippen molar-refractivity contribution < 1.29 is 0 Å². The van der Waals surface area contributed by atoms with Crippen molar-refractivity contribution in [2.24, 2.45) is 0 Å². The molecule has 0 saturated carbocycles. The first kappa shape index (κ1) is 46.6. The summed E-state index contributed by atoms with van der Waals surface area (Å²) in [6, 6.07) is 59.4. The molecule has 369 valence electrons. The molecule has 3 aliphatic rings. The summed E-state index contributed by atoms with van der Waals surface area (Å²) < 4.78 is 5.32. The molecule has 11 aromatic rings. The molecule has 1 radical (unpaired) electrons. The van der Waals surface area contributed by atoms with Crippen molar-refractivity contribution in [2.45, 2.75) is 123 Å². The Morgan fingerprint density at radius 3 is 1.92 bits per heavy atom. The molecule has 9 aromatic carbocycles. The lowest BCUT2D eigenvalue weighted by atomic mass is 9.58. The minimum atomic E-state index is -0.0935. The highest BCUT2D eigenvalue weighted by atomic mass is 32.1. The standard InChI is InChI=1S/C71H66BN2S/c1-67(2,3)42-23-26-44(27-24-42)73-59-39-62-51(52-37-56-57(38-61(52)75-62)70(9,10)32-31-69(56,7)8)36-50(59)53-35-48(41-22-29-55-49(33-41)46-19-15-16-20-54(46)71(55,11)12)63-47-28-21-40-17-13-14-18-45(40)65(47)74-60-30-25-43(68(4,5)6)34-58(60)72-64(53)66(63)74/h13-30,33-39,73H,31-32H2,1-12H3. The van der Waals surface area contributed by atoms with E-state index >= 15 is 0 Å². The summed E-state index contributed by atoms with van der Waals surface area (Å²) in [5.74, 6) is 0. The van der Waals surface area contributed by atoms with Gasteiger partial charge < -0.3 is 9.88 Å². The molecular formula is C71H66BN2S. The Morgan fingerprint density at radius 1 is 0.493 bits per heavy atom. The molecule has 2 nitrogen and oxygen atoms in total. The highest BCUT2D eigenvalue weighted by molar-refractivity contribution is 7.25. The predicted molar refractivity (Wildman–Crippen MR) is 327 cm³/mol. The smallest absolute Gasteiger partial charge is 0.197 e. The zero-order valence-corrected chi connectivity index (χ0v) is 46.6. The van der Waals surface area contributed by atoms with Crippen LogP contribution in [-0.4, -0.2) is 11.8 Å². The van der Waals surface area contributed by atoms with Crippen LogP contribution in [0.4, 0.5) is 11.4 Å². The molecule has 0 bridgehead atoms. The molecule has 3 heterocycles. The van der Waals surface area contributed by atoms with Gasteiger partial charge in [-0.15, -0.1) is 11.3 Å². The van der Waals surface area contributed by atoms with Crippen molar-refractivity contribution in [3.63, 3.8) is 0 Å². The molecule has 0 atom stereocenters. The third kappa shape index (κ3) is 6.90. The van der Waals surface area contributed by atoms with Crippen LogP contribution in [0.1, 0.15) is 129 Å². The number of rotatable bonds is 4. The first-order valence-electron chi connectivity index (χ1n) is 27.4. The summed E-state index contributed by atoms with van der Waals surface area (Å²) >= 11 is 1.95. The largest absolute Gasteiger partial charge is 0.355 e. The molecule has 0 fully saturated rings. The lowest BCUT2D eigenvalue weighted by molar-refractivity contribution is 0.332. The fourth-order valence-electron chi connectivity index (χ4n) is 13.6. The Labute approximate surface area is 448 Å². The molecule has 14 rings (SSSR count). The second kappa shape index (κ2) is 15.6. The number of aromatic nitrogens is 1. The number of anilines is 2. The van der Waals surface area contributed by atoms with Crippen molar-refractivity contribution in [1.82, 2.24) is 4.57 Å². The second-order valence-corrected chi connectivity index (χ2v) is 27.4. The number of hydrogen-bond acceptors (Lipinski definition) is 2. The van der Waals surface area contributed by atoms with Crippen LogP contribution in [0.5, 0.6) is 0 Å². The SMILES string of the molecule is CC(C)(C)c1ccc(Nc2cc3sc4cc5c(cc4c3cc2-c2cc(-c3ccc4c(c3)-c3ccccc3C4(C)C)c3c4ccc6ccccc6c4n4c3c2[B]c2cc(C(C)(C)C)ccc2-4)C(C)(C)CCC5(C)C)cc1. The van der Waals surface area contributed by atoms with Crippen molar-refractivity contribution >= 4 is 93.7 Å². The van der Waals surface area contributed by atoms with Gasteiger partial charge in [0, 0.05) is 69.9 Å². The third-order valence-corrected chi connectivity index (χ3v) is 19.3. The maximum absolute atomic E-state index is 4.10. The van der Waals surface area contributed by atoms with Crippen LogP contribution in [-0.2, 0) is 27.1 Å². The van der Waals surface area contributed by atoms with E-state index in [0.717, 1.165) is 11.4 Å². The van der Waals surface area contributed by atoms with Crippen LogP contribution in [0.25, 0.3) is 91.8 Å². The van der Waals surface area contributed by atoms with E-state index in [1.54, 1.807) is 0 Å². The molecular weight excluding hydrogens is 924 g/mol. The van der Waals surface area contributed by atoms with Crippen LogP contribution in [0.2, 0.25) is 0 Å². The number of benzene rings is 9. The Hall–Kier alpha value is -6.88. The molecule has 0 spiro atoms. The Morgan fingerprint density at radius 2 is 1.16 bits per heavy atom. The predicted octanol–water partition coefficient (Wildman–Crippen LogP) is 18.6. The van der Waals surface area contributed by atoms with Gasteiger partial charge in [0.2, 0.25) is 0 Å². The van der Waals surface area contributed by atoms with Gasteiger partial charge >= 0.3 is 0 Å². The van der Waals surface area contributed by atoms with Crippen molar-refractivity contribution in [3.05, 3.63) is 185 Å². The average Bonchev–Trinajstić information content (AvgIpc) is 4.00. The average molecular weight is 990 g/mol. The van der Waals surface area contributed by atoms with Gasteiger partial charge in [-0.3, -0.25) is 0 Å². The van der Waals surface area contributed by atoms with Crippen LogP contribution >= 0.6 is 11.3 Å². The monoisotopic (exact) mass is 990 g/mol. The first-order chi connectivity index (χ1) is 35.7. The van der Waals surface area contributed by atoms with Crippen LogP contribution in [0.15, 0.2) is 152 Å². The van der Waals surface area contributed by atoms with Gasteiger partial charge in [-0.1, -0.05) is 186 Å². The van der Waals surface area contributed by atoms with Crippen LogP contribution in [0, 0.1) is 0 Å². The number of thiophene rings is 1. The molecule has 75 heavy (non-hydrogen) atoms. The highest BCUT2D eigenvalue weighted by Gasteiger charge is 2.39. The van der Waals surface area contributed by atoms with Crippen LogP contribution < -0.4 is 16.2 Å². The minimum Gasteiger partial charge on any atom is -0.355 e. The maximum atomic E-state index is 4.10. The van der Waals surface area contributed by atoms with Gasteiger partial charge in [0.05, 0.1) is 5.52 Å². The van der Waals surface area contributed by atoms with Crippen molar-refractivity contribution in [3.8, 4) is 39.1 Å². The summed E-state index contributed by atoms with van der Waals surface area (Å²) in [6.45, 7) is 28.5. The van der Waals surface area contributed by atoms with E-state index < -0.39 is 0 Å². The van der Waals surface area contributed by atoms with Gasteiger partial charge in [0.1, 0.15) is 0 Å². The normalized spacial score (nSPS) is 16.1. The fourth-order valence-corrected chi connectivity index (χ4v) is 14.8.